The molecule has 0 aromatic heterocycles. The van der Waals surface area contributed by atoms with E-state index in [9.17, 15) is 10.1 Å². The van der Waals surface area contributed by atoms with Gasteiger partial charge in [-0.15, -0.1) is 0 Å². The summed E-state index contributed by atoms with van der Waals surface area (Å²) in [5.41, 5.74) is 0.792. The highest BCUT2D eigenvalue weighted by Gasteiger charge is 2.17. The summed E-state index contributed by atoms with van der Waals surface area (Å²) in [7, 11) is 0. The van der Waals surface area contributed by atoms with Crippen LogP contribution in [-0.4, -0.2) is 10.0 Å². The van der Waals surface area contributed by atoms with Crippen molar-refractivity contribution in [3.05, 3.63) is 38.9 Å². The highest BCUT2D eigenvalue weighted by Crippen LogP contribution is 2.23. The molecule has 0 radical (unpaired) electrons. The zero-order valence-corrected chi connectivity index (χ0v) is 7.52. The van der Waals surface area contributed by atoms with E-state index in [1.54, 1.807) is 13.0 Å². The molecule has 0 fully saturated rings. The Morgan fingerprint density at radius 2 is 2.29 bits per heavy atom. The standard InChI is InChI=1S/C9H8N2O3/c1-6-7(5-12)2-3-9(11(13)14)8(6)4-10/h2-3,12H,5H2,1H3. The lowest BCUT2D eigenvalue weighted by Crippen LogP contribution is -1.98. The molecule has 0 atom stereocenters. The monoisotopic (exact) mass is 192 g/mol. The molecule has 1 rings (SSSR count). The van der Waals surface area contributed by atoms with Crippen LogP contribution in [0.4, 0.5) is 5.69 Å². The Morgan fingerprint density at radius 3 is 2.71 bits per heavy atom. The number of aliphatic hydroxyl groups excluding tert-OH is 1. The highest BCUT2D eigenvalue weighted by atomic mass is 16.6. The molecule has 0 unspecified atom stereocenters. The molecule has 0 aliphatic carbocycles. The van der Waals surface area contributed by atoms with Crippen LogP contribution in [0.25, 0.3) is 0 Å². The Morgan fingerprint density at radius 1 is 1.64 bits per heavy atom. The minimum absolute atomic E-state index is 0.0153. The molecule has 1 aromatic carbocycles. The quantitative estimate of drug-likeness (QED) is 0.564. The van der Waals surface area contributed by atoms with Crippen LogP contribution in [0, 0.1) is 28.4 Å². The Kier molecular flexibility index (Phi) is 2.79. The van der Waals surface area contributed by atoms with E-state index in [1.807, 2.05) is 0 Å². The third-order valence-corrected chi connectivity index (χ3v) is 2.03. The molecule has 0 spiro atoms. The van der Waals surface area contributed by atoms with Crippen molar-refractivity contribution < 1.29 is 10.0 Å². The van der Waals surface area contributed by atoms with E-state index in [0.717, 1.165) is 0 Å². The van der Waals surface area contributed by atoms with Gasteiger partial charge in [0.05, 0.1) is 11.5 Å². The summed E-state index contributed by atoms with van der Waals surface area (Å²) in [5, 5.41) is 28.1. The zero-order valence-electron chi connectivity index (χ0n) is 7.52. The number of benzene rings is 1. The molecule has 1 N–H and O–H groups in total. The number of aliphatic hydroxyl groups is 1. The van der Waals surface area contributed by atoms with Crippen molar-refractivity contribution in [2.75, 3.05) is 0 Å². The first-order valence-electron chi connectivity index (χ1n) is 3.89. The molecule has 0 heterocycles. The van der Waals surface area contributed by atoms with Crippen molar-refractivity contribution in [1.29, 1.82) is 5.26 Å². The normalized spacial score (nSPS) is 9.50. The van der Waals surface area contributed by atoms with E-state index >= 15 is 0 Å². The Labute approximate surface area is 80.4 Å². The fraction of sp³-hybridized carbons (Fsp3) is 0.222. The van der Waals surface area contributed by atoms with Crippen molar-refractivity contribution in [3.63, 3.8) is 0 Å². The van der Waals surface area contributed by atoms with E-state index in [2.05, 4.69) is 0 Å². The summed E-state index contributed by atoms with van der Waals surface area (Å²) in [6.07, 6.45) is 0. The van der Waals surface area contributed by atoms with E-state index in [4.69, 9.17) is 10.4 Å². The van der Waals surface area contributed by atoms with Crippen LogP contribution in [0.5, 0.6) is 0 Å². The van der Waals surface area contributed by atoms with Crippen LogP contribution in [0.2, 0.25) is 0 Å². The van der Waals surface area contributed by atoms with Crippen LogP contribution >= 0.6 is 0 Å². The summed E-state index contributed by atoms with van der Waals surface area (Å²) >= 11 is 0. The maximum atomic E-state index is 10.5. The second-order valence-corrected chi connectivity index (χ2v) is 2.77. The molecule has 0 amide bonds. The molecule has 72 valence electrons. The predicted molar refractivity (Wildman–Crippen MR) is 48.5 cm³/mol. The van der Waals surface area contributed by atoms with Gasteiger partial charge in [-0.3, -0.25) is 10.1 Å². The maximum absolute atomic E-state index is 10.5. The fourth-order valence-corrected chi connectivity index (χ4v) is 1.21. The van der Waals surface area contributed by atoms with Gasteiger partial charge >= 0.3 is 0 Å². The fourth-order valence-electron chi connectivity index (χ4n) is 1.21. The van der Waals surface area contributed by atoms with Crippen LogP contribution in [0.15, 0.2) is 12.1 Å². The summed E-state index contributed by atoms with van der Waals surface area (Å²) in [4.78, 5) is 9.92. The second-order valence-electron chi connectivity index (χ2n) is 2.77. The molecule has 0 aliphatic heterocycles. The summed E-state index contributed by atoms with van der Waals surface area (Å²) < 4.78 is 0. The van der Waals surface area contributed by atoms with Crippen LogP contribution in [0.1, 0.15) is 16.7 Å². The highest BCUT2D eigenvalue weighted by molar-refractivity contribution is 5.55. The van der Waals surface area contributed by atoms with E-state index in [0.29, 0.717) is 11.1 Å². The van der Waals surface area contributed by atoms with Crippen molar-refractivity contribution in [2.24, 2.45) is 0 Å². The molecule has 0 saturated heterocycles. The third kappa shape index (κ3) is 1.56. The Balaban J connectivity index is 3.45. The molecule has 5 nitrogen and oxygen atoms in total. The topological polar surface area (TPSA) is 87.2 Å². The number of rotatable bonds is 2. The Hall–Kier alpha value is -1.93. The SMILES string of the molecule is Cc1c(CO)ccc([N+](=O)[O-])c1C#N. The number of hydrogen-bond donors (Lipinski definition) is 1. The van der Waals surface area contributed by atoms with Gasteiger partial charge in [-0.1, -0.05) is 0 Å². The molecular formula is C9H8N2O3. The van der Waals surface area contributed by atoms with Gasteiger partial charge in [-0.25, -0.2) is 0 Å². The molecule has 0 aliphatic rings. The van der Waals surface area contributed by atoms with Crippen molar-refractivity contribution in [1.82, 2.24) is 0 Å². The molecule has 14 heavy (non-hydrogen) atoms. The first-order chi connectivity index (χ1) is 6.61. The largest absolute Gasteiger partial charge is 0.392 e. The first kappa shape index (κ1) is 10.2. The van der Waals surface area contributed by atoms with E-state index < -0.39 is 4.92 Å². The lowest BCUT2D eigenvalue weighted by atomic mass is 10.0. The lowest BCUT2D eigenvalue weighted by molar-refractivity contribution is -0.385. The average Bonchev–Trinajstić information content (AvgIpc) is 2.17. The summed E-state index contributed by atoms with van der Waals surface area (Å²) in [6.45, 7) is 1.36. The minimum atomic E-state index is -0.604. The molecular weight excluding hydrogens is 184 g/mol. The van der Waals surface area contributed by atoms with Crippen molar-refractivity contribution >= 4 is 5.69 Å². The van der Waals surface area contributed by atoms with Gasteiger partial charge in [0, 0.05) is 6.07 Å². The summed E-state index contributed by atoms with van der Waals surface area (Å²) in [5.74, 6) is 0. The van der Waals surface area contributed by atoms with Gasteiger partial charge in [-0.05, 0) is 24.1 Å². The molecule has 0 bridgehead atoms. The van der Waals surface area contributed by atoms with E-state index in [1.165, 1.54) is 12.1 Å². The van der Waals surface area contributed by atoms with Gasteiger partial charge in [0.2, 0.25) is 0 Å². The molecule has 0 saturated carbocycles. The zero-order chi connectivity index (χ0) is 10.7. The average molecular weight is 192 g/mol. The minimum Gasteiger partial charge on any atom is -0.392 e. The third-order valence-electron chi connectivity index (χ3n) is 2.03. The predicted octanol–water partition coefficient (Wildman–Crippen LogP) is 1.27. The van der Waals surface area contributed by atoms with Gasteiger partial charge < -0.3 is 5.11 Å². The smallest absolute Gasteiger partial charge is 0.287 e. The number of nitriles is 1. The van der Waals surface area contributed by atoms with Crippen LogP contribution < -0.4 is 0 Å². The molecule has 5 heteroatoms. The number of nitro groups is 1. The van der Waals surface area contributed by atoms with E-state index in [-0.39, 0.29) is 17.9 Å². The van der Waals surface area contributed by atoms with Crippen LogP contribution in [0.3, 0.4) is 0 Å². The van der Waals surface area contributed by atoms with Crippen molar-refractivity contribution in [2.45, 2.75) is 13.5 Å². The first-order valence-corrected chi connectivity index (χ1v) is 3.89. The number of hydrogen-bond acceptors (Lipinski definition) is 4. The molecule has 1 aromatic rings. The number of nitrogens with zero attached hydrogens (tertiary/aromatic N) is 2. The van der Waals surface area contributed by atoms with Gasteiger partial charge in [0.1, 0.15) is 11.6 Å². The lowest BCUT2D eigenvalue weighted by Gasteiger charge is -2.03. The maximum Gasteiger partial charge on any atom is 0.287 e. The van der Waals surface area contributed by atoms with Gasteiger partial charge in [0.25, 0.3) is 5.69 Å². The van der Waals surface area contributed by atoms with Crippen LogP contribution in [-0.2, 0) is 6.61 Å². The second kappa shape index (κ2) is 3.85. The van der Waals surface area contributed by atoms with Gasteiger partial charge in [-0.2, -0.15) is 5.26 Å². The van der Waals surface area contributed by atoms with Gasteiger partial charge in [0.15, 0.2) is 0 Å². The summed E-state index contributed by atoms with van der Waals surface area (Å²) in [6, 6.07) is 4.45. The Bertz CT molecular complexity index is 421. The number of nitro benzene ring substituents is 1. The van der Waals surface area contributed by atoms with Crippen molar-refractivity contribution in [3.8, 4) is 6.07 Å².